The number of piperidine rings is 1. The molecule has 160 valence electrons. The molecular weight excluding hydrogens is 406 g/mol. The summed E-state index contributed by atoms with van der Waals surface area (Å²) in [6.45, 7) is 2.16. The molecule has 0 bridgehead atoms. The number of thiazole rings is 1. The molecule has 2 aromatic rings. The standard InChI is InChI=1S/C21H25N3O5S/c1-27-9-10-28-16-4-2-3-15(11-16)19-12-17(23-29-19)18-13-30-20(22-18)14-5-7-24(8-6-14)21(25)26/h2-4,11,13-14,19H,5-10,12H2,1H3,(H,25,26). The highest BCUT2D eigenvalue weighted by molar-refractivity contribution is 7.10. The van der Waals surface area contributed by atoms with Crippen molar-refractivity contribution in [3.63, 3.8) is 0 Å². The number of nitrogens with zero attached hydrogens (tertiary/aromatic N) is 3. The van der Waals surface area contributed by atoms with Crippen molar-refractivity contribution in [1.82, 2.24) is 9.88 Å². The first-order valence-corrected chi connectivity index (χ1v) is 10.9. The van der Waals surface area contributed by atoms with Crippen LogP contribution in [-0.4, -0.2) is 60.2 Å². The van der Waals surface area contributed by atoms with Gasteiger partial charge in [0.15, 0.2) is 6.10 Å². The van der Waals surface area contributed by atoms with Crippen molar-refractivity contribution in [2.24, 2.45) is 5.16 Å². The van der Waals surface area contributed by atoms with Gasteiger partial charge in [-0.15, -0.1) is 11.3 Å². The zero-order valence-corrected chi connectivity index (χ0v) is 17.6. The number of likely N-dealkylation sites (tertiary alicyclic amines) is 1. The number of methoxy groups -OCH3 is 1. The smallest absolute Gasteiger partial charge is 0.407 e. The molecule has 30 heavy (non-hydrogen) atoms. The van der Waals surface area contributed by atoms with Crippen LogP contribution in [0, 0.1) is 0 Å². The Morgan fingerprint density at radius 2 is 2.17 bits per heavy atom. The number of oxime groups is 1. The first-order valence-electron chi connectivity index (χ1n) is 10.0. The van der Waals surface area contributed by atoms with E-state index in [4.69, 9.17) is 24.4 Å². The zero-order valence-electron chi connectivity index (χ0n) is 16.8. The molecule has 3 heterocycles. The average molecular weight is 432 g/mol. The lowest BCUT2D eigenvalue weighted by Crippen LogP contribution is -2.36. The highest BCUT2D eigenvalue weighted by Gasteiger charge is 2.28. The van der Waals surface area contributed by atoms with Gasteiger partial charge in [0.2, 0.25) is 0 Å². The Bertz CT molecular complexity index is 908. The van der Waals surface area contributed by atoms with Crippen LogP contribution < -0.4 is 4.74 Å². The molecule has 1 aromatic heterocycles. The van der Waals surface area contributed by atoms with Crippen molar-refractivity contribution in [2.45, 2.75) is 31.3 Å². The van der Waals surface area contributed by atoms with Gasteiger partial charge in [0.1, 0.15) is 18.1 Å². The van der Waals surface area contributed by atoms with Gasteiger partial charge in [0.25, 0.3) is 0 Å². The molecular formula is C21H25N3O5S. The Morgan fingerprint density at radius 1 is 1.33 bits per heavy atom. The van der Waals surface area contributed by atoms with Crippen LogP contribution in [0.4, 0.5) is 4.79 Å². The second kappa shape index (κ2) is 9.44. The quantitative estimate of drug-likeness (QED) is 0.669. The minimum Gasteiger partial charge on any atom is -0.491 e. The lowest BCUT2D eigenvalue weighted by Gasteiger charge is -2.28. The fourth-order valence-corrected chi connectivity index (χ4v) is 4.68. The fraction of sp³-hybridized carbons (Fsp3) is 0.476. The van der Waals surface area contributed by atoms with Crippen molar-refractivity contribution >= 4 is 23.1 Å². The fourth-order valence-electron chi connectivity index (χ4n) is 3.68. The van der Waals surface area contributed by atoms with Crippen molar-refractivity contribution < 1.29 is 24.2 Å². The van der Waals surface area contributed by atoms with Crippen molar-refractivity contribution in [3.8, 4) is 5.75 Å². The van der Waals surface area contributed by atoms with E-state index in [0.717, 1.165) is 40.6 Å². The van der Waals surface area contributed by atoms with Gasteiger partial charge in [0, 0.05) is 37.9 Å². The highest BCUT2D eigenvalue weighted by atomic mass is 32.1. The number of ether oxygens (including phenoxy) is 2. The van der Waals surface area contributed by atoms with E-state index in [0.29, 0.717) is 38.6 Å². The number of carboxylic acid groups (broad SMARTS) is 1. The molecule has 1 N–H and O–H groups in total. The van der Waals surface area contributed by atoms with E-state index in [1.54, 1.807) is 18.4 Å². The van der Waals surface area contributed by atoms with Crippen molar-refractivity contribution in [2.75, 3.05) is 33.4 Å². The summed E-state index contributed by atoms with van der Waals surface area (Å²) < 4.78 is 10.7. The van der Waals surface area contributed by atoms with Crippen LogP contribution in [0.3, 0.4) is 0 Å². The van der Waals surface area contributed by atoms with E-state index in [-0.39, 0.29) is 6.10 Å². The predicted octanol–water partition coefficient (Wildman–Crippen LogP) is 3.89. The largest absolute Gasteiger partial charge is 0.491 e. The molecule has 4 rings (SSSR count). The maximum atomic E-state index is 11.1. The minimum absolute atomic E-state index is 0.157. The summed E-state index contributed by atoms with van der Waals surface area (Å²) in [4.78, 5) is 23.0. The monoisotopic (exact) mass is 431 g/mol. The van der Waals surface area contributed by atoms with E-state index in [2.05, 4.69) is 5.16 Å². The molecule has 9 heteroatoms. The van der Waals surface area contributed by atoms with Crippen molar-refractivity contribution in [3.05, 3.63) is 45.9 Å². The normalized spacial score (nSPS) is 19.4. The molecule has 0 radical (unpaired) electrons. The van der Waals surface area contributed by atoms with Crippen molar-refractivity contribution in [1.29, 1.82) is 0 Å². The molecule has 1 amide bonds. The number of rotatable bonds is 7. The third-order valence-corrected chi connectivity index (χ3v) is 6.39. The van der Waals surface area contributed by atoms with E-state index in [1.807, 2.05) is 29.6 Å². The lowest BCUT2D eigenvalue weighted by atomic mass is 9.98. The number of carbonyl (C=O) groups is 1. The Labute approximate surface area is 179 Å². The molecule has 2 aliphatic heterocycles. The molecule has 1 aromatic carbocycles. The SMILES string of the molecule is COCCOc1cccc(C2CC(c3csc(C4CCN(C(=O)O)CC4)n3)=NO2)c1. The minimum atomic E-state index is -0.843. The van der Waals surface area contributed by atoms with E-state index in [1.165, 1.54) is 4.90 Å². The summed E-state index contributed by atoms with van der Waals surface area (Å²) in [5, 5.41) is 16.5. The van der Waals surface area contributed by atoms with E-state index in [9.17, 15) is 4.79 Å². The summed E-state index contributed by atoms with van der Waals surface area (Å²) in [6.07, 6.45) is 1.27. The van der Waals surface area contributed by atoms with Gasteiger partial charge < -0.3 is 24.3 Å². The first-order chi connectivity index (χ1) is 14.6. The van der Waals surface area contributed by atoms with Gasteiger partial charge in [-0.25, -0.2) is 9.78 Å². The van der Waals surface area contributed by atoms with Crippen LogP contribution in [0.25, 0.3) is 0 Å². The second-order valence-electron chi connectivity index (χ2n) is 7.36. The highest BCUT2D eigenvalue weighted by Crippen LogP contribution is 2.34. The number of aromatic nitrogens is 1. The number of amides is 1. The maximum Gasteiger partial charge on any atom is 0.407 e. The topological polar surface area (TPSA) is 93.5 Å². The number of hydrogen-bond donors (Lipinski definition) is 1. The summed E-state index contributed by atoms with van der Waals surface area (Å²) in [7, 11) is 1.65. The van der Waals surface area contributed by atoms with E-state index < -0.39 is 6.09 Å². The molecule has 1 saturated heterocycles. The van der Waals surface area contributed by atoms with Gasteiger partial charge in [-0.05, 0) is 30.5 Å². The van der Waals surface area contributed by atoms with Gasteiger partial charge in [-0.1, -0.05) is 17.3 Å². The second-order valence-corrected chi connectivity index (χ2v) is 8.25. The molecule has 1 atom stereocenters. The molecule has 0 saturated carbocycles. The Balaban J connectivity index is 1.35. The van der Waals surface area contributed by atoms with Gasteiger partial charge in [-0.2, -0.15) is 0 Å². The summed E-state index contributed by atoms with van der Waals surface area (Å²) in [5.41, 5.74) is 2.71. The average Bonchev–Trinajstić information content (AvgIpc) is 3.44. The van der Waals surface area contributed by atoms with Crippen LogP contribution in [0.15, 0.2) is 34.8 Å². The number of benzene rings is 1. The van der Waals surface area contributed by atoms with Crippen LogP contribution in [-0.2, 0) is 9.57 Å². The third kappa shape index (κ3) is 4.73. The molecule has 1 fully saturated rings. The lowest BCUT2D eigenvalue weighted by molar-refractivity contribution is 0.0853. The van der Waals surface area contributed by atoms with Crippen LogP contribution in [0.2, 0.25) is 0 Å². The predicted molar refractivity (Wildman–Crippen MR) is 112 cm³/mol. The Hall–Kier alpha value is -2.65. The molecule has 0 spiro atoms. The summed E-state index contributed by atoms with van der Waals surface area (Å²) >= 11 is 1.62. The maximum absolute atomic E-state index is 11.1. The number of hydrogen-bond acceptors (Lipinski definition) is 7. The molecule has 0 aliphatic carbocycles. The molecule has 8 nitrogen and oxygen atoms in total. The van der Waals surface area contributed by atoms with Gasteiger partial charge >= 0.3 is 6.09 Å². The van der Waals surface area contributed by atoms with Gasteiger partial charge in [0.05, 0.1) is 17.3 Å². The molecule has 1 unspecified atom stereocenters. The van der Waals surface area contributed by atoms with Gasteiger partial charge in [-0.3, -0.25) is 0 Å². The molecule has 2 aliphatic rings. The summed E-state index contributed by atoms with van der Waals surface area (Å²) in [6, 6.07) is 7.85. The third-order valence-electron chi connectivity index (χ3n) is 5.39. The van der Waals surface area contributed by atoms with E-state index >= 15 is 0 Å². The Morgan fingerprint density at radius 3 is 2.93 bits per heavy atom. The first kappa shape index (κ1) is 20.6. The van der Waals surface area contributed by atoms with Crippen LogP contribution >= 0.6 is 11.3 Å². The summed E-state index contributed by atoms with van der Waals surface area (Å²) in [5.74, 6) is 1.09. The zero-order chi connectivity index (χ0) is 20.9. The Kier molecular flexibility index (Phi) is 6.49. The van der Waals surface area contributed by atoms with Crippen LogP contribution in [0.1, 0.15) is 47.5 Å². The van der Waals surface area contributed by atoms with Crippen LogP contribution in [0.5, 0.6) is 5.75 Å².